The molecule has 0 bridgehead atoms. The Bertz CT molecular complexity index is 608. The molecule has 0 aromatic heterocycles. The first-order valence-electron chi connectivity index (χ1n) is 11.1. The molecule has 1 aliphatic heterocycles. The molecule has 9 heteroatoms. The van der Waals surface area contributed by atoms with Crippen molar-refractivity contribution in [2.75, 3.05) is 6.61 Å². The molecule has 1 heterocycles. The lowest BCUT2D eigenvalue weighted by Crippen LogP contribution is -2.66. The van der Waals surface area contributed by atoms with E-state index in [0.29, 0.717) is 6.42 Å². The zero-order chi connectivity index (χ0) is 23.4. The predicted octanol–water partition coefficient (Wildman–Crippen LogP) is 2.44. The Morgan fingerprint density at radius 2 is 1.35 bits per heavy atom. The van der Waals surface area contributed by atoms with Crippen molar-refractivity contribution < 1.29 is 38.1 Å². The molecule has 0 radical (unpaired) electrons. The third-order valence-corrected chi connectivity index (χ3v) is 5.06. The highest BCUT2D eigenvalue weighted by atomic mass is 16.6. The molecule has 5 atom stereocenters. The van der Waals surface area contributed by atoms with Gasteiger partial charge in [0.2, 0.25) is 5.91 Å². The number of amides is 1. The molecule has 1 aliphatic rings. The summed E-state index contributed by atoms with van der Waals surface area (Å²) in [6.07, 6.45) is 3.78. The number of carbonyl (C=O) groups is 4. The number of hydrogen-bond acceptors (Lipinski definition) is 8. The van der Waals surface area contributed by atoms with Gasteiger partial charge >= 0.3 is 17.9 Å². The van der Waals surface area contributed by atoms with E-state index in [1.165, 1.54) is 34.1 Å². The fourth-order valence-electron chi connectivity index (χ4n) is 3.80. The van der Waals surface area contributed by atoms with E-state index in [2.05, 4.69) is 12.2 Å². The molecule has 0 saturated carbocycles. The molecular formula is C22H37NO8. The largest absolute Gasteiger partial charge is 0.463 e. The van der Waals surface area contributed by atoms with Gasteiger partial charge in [-0.2, -0.15) is 0 Å². The quantitative estimate of drug-likeness (QED) is 0.278. The van der Waals surface area contributed by atoms with Crippen molar-refractivity contribution in [1.82, 2.24) is 5.32 Å². The number of carbonyl (C=O) groups excluding carboxylic acids is 4. The molecule has 31 heavy (non-hydrogen) atoms. The second kappa shape index (κ2) is 14.0. The fourth-order valence-corrected chi connectivity index (χ4v) is 3.80. The maximum absolute atomic E-state index is 11.9. The summed E-state index contributed by atoms with van der Waals surface area (Å²) in [6, 6.07) is -0.699. The monoisotopic (exact) mass is 443 g/mol. The summed E-state index contributed by atoms with van der Waals surface area (Å²) in [5, 5.41) is 2.80. The number of hydrogen-bond donors (Lipinski definition) is 1. The van der Waals surface area contributed by atoms with Gasteiger partial charge < -0.3 is 24.3 Å². The first kappa shape index (κ1) is 26.9. The molecule has 0 unspecified atom stereocenters. The molecule has 1 fully saturated rings. The Morgan fingerprint density at radius 3 is 1.90 bits per heavy atom. The van der Waals surface area contributed by atoms with Crippen molar-refractivity contribution in [3.8, 4) is 0 Å². The SMILES string of the molecule is CCCCCCCC[C@H]1O[C@H](COC(C)=O)[C@H](OC(C)=O)[C@H](OC(C)=O)[C@H]1NC(C)=O. The van der Waals surface area contributed by atoms with E-state index in [0.717, 1.165) is 32.1 Å². The maximum Gasteiger partial charge on any atom is 0.303 e. The van der Waals surface area contributed by atoms with Gasteiger partial charge in [-0.05, 0) is 6.42 Å². The van der Waals surface area contributed by atoms with Gasteiger partial charge in [0, 0.05) is 27.7 Å². The van der Waals surface area contributed by atoms with Crippen molar-refractivity contribution in [2.45, 2.75) is 110 Å². The molecule has 0 aromatic rings. The van der Waals surface area contributed by atoms with E-state index in [4.69, 9.17) is 18.9 Å². The molecule has 0 spiro atoms. The molecule has 178 valence electrons. The number of nitrogens with one attached hydrogen (secondary N) is 1. The van der Waals surface area contributed by atoms with E-state index < -0.39 is 48.4 Å². The Balaban J connectivity index is 3.07. The zero-order valence-electron chi connectivity index (χ0n) is 19.3. The minimum atomic E-state index is -1.03. The predicted molar refractivity (Wildman–Crippen MR) is 112 cm³/mol. The van der Waals surface area contributed by atoms with Gasteiger partial charge in [-0.25, -0.2) is 0 Å². The van der Waals surface area contributed by atoms with E-state index >= 15 is 0 Å². The average Bonchev–Trinajstić information content (AvgIpc) is 2.66. The van der Waals surface area contributed by atoms with Gasteiger partial charge in [-0.3, -0.25) is 19.2 Å². The van der Waals surface area contributed by atoms with Crippen LogP contribution >= 0.6 is 0 Å². The first-order valence-corrected chi connectivity index (χ1v) is 11.1. The topological polar surface area (TPSA) is 117 Å². The van der Waals surface area contributed by atoms with Crippen molar-refractivity contribution in [3.63, 3.8) is 0 Å². The lowest BCUT2D eigenvalue weighted by atomic mass is 9.89. The zero-order valence-corrected chi connectivity index (χ0v) is 19.3. The highest BCUT2D eigenvalue weighted by Gasteiger charge is 2.50. The van der Waals surface area contributed by atoms with Gasteiger partial charge in [-0.15, -0.1) is 0 Å². The van der Waals surface area contributed by atoms with Crippen LogP contribution in [0.5, 0.6) is 0 Å². The molecule has 1 rings (SSSR count). The number of ether oxygens (including phenoxy) is 4. The number of unbranched alkanes of at least 4 members (excludes halogenated alkanes) is 5. The van der Waals surface area contributed by atoms with Crippen molar-refractivity contribution in [3.05, 3.63) is 0 Å². The van der Waals surface area contributed by atoms with Gasteiger partial charge in [0.25, 0.3) is 0 Å². The smallest absolute Gasteiger partial charge is 0.303 e. The first-order chi connectivity index (χ1) is 14.6. The molecule has 0 aliphatic carbocycles. The van der Waals surface area contributed by atoms with E-state index in [1.807, 2.05) is 0 Å². The highest BCUT2D eigenvalue weighted by Crippen LogP contribution is 2.30. The normalized spacial score (nSPS) is 25.4. The van der Waals surface area contributed by atoms with Gasteiger partial charge in [0.1, 0.15) is 12.7 Å². The van der Waals surface area contributed by atoms with Crippen LogP contribution in [0.25, 0.3) is 0 Å². The molecule has 9 nitrogen and oxygen atoms in total. The van der Waals surface area contributed by atoms with Crippen LogP contribution in [0, 0.1) is 0 Å². The van der Waals surface area contributed by atoms with Gasteiger partial charge in [-0.1, -0.05) is 45.4 Å². The molecule has 0 aromatic carbocycles. The summed E-state index contributed by atoms with van der Waals surface area (Å²) in [4.78, 5) is 46.7. The van der Waals surface area contributed by atoms with Crippen molar-refractivity contribution >= 4 is 23.8 Å². The second-order valence-corrected chi connectivity index (χ2v) is 7.95. The van der Waals surface area contributed by atoms with Crippen LogP contribution in [-0.2, 0) is 38.1 Å². The standard InChI is InChI=1S/C22H37NO8/c1-6-7-8-9-10-11-12-18-20(23-14(2)24)22(30-17(5)27)21(29-16(4)26)19(31-18)13-28-15(3)25/h18-22H,6-13H2,1-5H3,(H,23,24)/t18-,19-,20+,21+,22-/m1/s1. The second-order valence-electron chi connectivity index (χ2n) is 7.95. The minimum Gasteiger partial charge on any atom is -0.463 e. The Morgan fingerprint density at radius 1 is 0.774 bits per heavy atom. The molecule has 1 amide bonds. The summed E-state index contributed by atoms with van der Waals surface area (Å²) >= 11 is 0. The Kier molecular flexibility index (Phi) is 12.1. The third-order valence-electron chi connectivity index (χ3n) is 5.06. The van der Waals surface area contributed by atoms with E-state index in [9.17, 15) is 19.2 Å². The van der Waals surface area contributed by atoms with E-state index in [-0.39, 0.29) is 12.5 Å². The van der Waals surface area contributed by atoms with Crippen LogP contribution in [-0.4, -0.2) is 60.9 Å². The lowest BCUT2D eigenvalue weighted by Gasteiger charge is -2.45. The average molecular weight is 444 g/mol. The molecular weight excluding hydrogens is 406 g/mol. The molecule has 1 N–H and O–H groups in total. The van der Waals surface area contributed by atoms with Gasteiger partial charge in [0.05, 0.1) is 12.1 Å². The van der Waals surface area contributed by atoms with Crippen molar-refractivity contribution in [1.29, 1.82) is 0 Å². The van der Waals surface area contributed by atoms with Crippen LogP contribution in [0.1, 0.15) is 79.6 Å². The maximum atomic E-state index is 11.9. The summed E-state index contributed by atoms with van der Waals surface area (Å²) in [6.45, 7) is 7.09. The fraction of sp³-hybridized carbons (Fsp3) is 0.818. The van der Waals surface area contributed by atoms with Crippen LogP contribution < -0.4 is 5.32 Å². The van der Waals surface area contributed by atoms with Crippen LogP contribution in [0.2, 0.25) is 0 Å². The summed E-state index contributed by atoms with van der Waals surface area (Å²) < 4.78 is 22.1. The summed E-state index contributed by atoms with van der Waals surface area (Å²) in [7, 11) is 0. The summed E-state index contributed by atoms with van der Waals surface area (Å²) in [5.41, 5.74) is 0. The number of rotatable bonds is 12. The Hall–Kier alpha value is -2.16. The van der Waals surface area contributed by atoms with Crippen LogP contribution in [0.15, 0.2) is 0 Å². The van der Waals surface area contributed by atoms with E-state index in [1.54, 1.807) is 0 Å². The highest BCUT2D eigenvalue weighted by molar-refractivity contribution is 5.73. The van der Waals surface area contributed by atoms with Crippen molar-refractivity contribution in [2.24, 2.45) is 0 Å². The lowest BCUT2D eigenvalue weighted by molar-refractivity contribution is -0.224. The third kappa shape index (κ3) is 10.1. The minimum absolute atomic E-state index is 0.162. The van der Waals surface area contributed by atoms with Crippen LogP contribution in [0.3, 0.4) is 0 Å². The number of esters is 3. The Labute approximate surface area is 184 Å². The molecule has 1 saturated heterocycles. The van der Waals surface area contributed by atoms with Crippen LogP contribution in [0.4, 0.5) is 0 Å². The van der Waals surface area contributed by atoms with Gasteiger partial charge in [0.15, 0.2) is 12.2 Å². The summed E-state index contributed by atoms with van der Waals surface area (Å²) in [5.74, 6) is -2.01.